The zero-order valence-electron chi connectivity index (χ0n) is 14.6. The number of likely N-dealkylation sites (N-methyl/N-ethyl adjacent to an activating group) is 1. The van der Waals surface area contributed by atoms with Crippen LogP contribution in [0.4, 0.5) is 5.69 Å². The van der Waals surface area contributed by atoms with Crippen molar-refractivity contribution in [2.45, 2.75) is 0 Å². The fraction of sp³-hybridized carbons (Fsp3) is 0.150. The van der Waals surface area contributed by atoms with Crippen LogP contribution < -0.4 is 4.90 Å². The first kappa shape index (κ1) is 17.2. The van der Waals surface area contributed by atoms with Crippen LogP contribution in [0.5, 0.6) is 0 Å². The number of benzene rings is 2. The molecule has 1 N–H and O–H groups in total. The highest BCUT2D eigenvalue weighted by molar-refractivity contribution is 7.19. The van der Waals surface area contributed by atoms with Crippen LogP contribution in [0.25, 0.3) is 33.0 Å². The molecule has 0 saturated heterocycles. The third-order valence-electron chi connectivity index (χ3n) is 4.18. The monoisotopic (exact) mass is 376 g/mol. The van der Waals surface area contributed by atoms with Crippen molar-refractivity contribution in [3.05, 3.63) is 53.4 Å². The number of oxazole rings is 1. The fourth-order valence-corrected chi connectivity index (χ4v) is 3.69. The summed E-state index contributed by atoms with van der Waals surface area (Å²) in [5.41, 5.74) is 3.55. The molecule has 134 valence electrons. The number of rotatable bonds is 5. The average molecular weight is 376 g/mol. The molecule has 0 saturated carbocycles. The smallest absolute Gasteiger partial charge is 0.221 e. The summed E-state index contributed by atoms with van der Waals surface area (Å²) in [4.78, 5) is 10.9. The molecule has 0 amide bonds. The number of aliphatic hydroxyl groups is 1. The highest BCUT2D eigenvalue weighted by Gasteiger charge is 2.12. The van der Waals surface area contributed by atoms with Gasteiger partial charge < -0.3 is 14.4 Å². The number of fused-ring (bicyclic) bond motifs is 2. The van der Waals surface area contributed by atoms with E-state index in [2.05, 4.69) is 16.0 Å². The molecule has 4 rings (SSSR count). The molecule has 0 aliphatic carbocycles. The summed E-state index contributed by atoms with van der Waals surface area (Å²) in [5, 5.41) is 19.3. The van der Waals surface area contributed by atoms with Gasteiger partial charge in [-0.3, -0.25) is 0 Å². The number of allylic oxidation sites excluding steroid dienone is 1. The highest BCUT2D eigenvalue weighted by Crippen LogP contribution is 2.29. The van der Waals surface area contributed by atoms with Gasteiger partial charge in [0, 0.05) is 31.4 Å². The van der Waals surface area contributed by atoms with Crippen LogP contribution in [0.2, 0.25) is 0 Å². The van der Waals surface area contributed by atoms with Gasteiger partial charge in [0.05, 0.1) is 22.4 Å². The van der Waals surface area contributed by atoms with Crippen molar-refractivity contribution < 1.29 is 9.52 Å². The van der Waals surface area contributed by atoms with Crippen molar-refractivity contribution >= 4 is 50.0 Å². The average Bonchev–Trinajstić information content (AvgIpc) is 3.28. The Morgan fingerprint density at radius 3 is 2.89 bits per heavy atom. The predicted octanol–water partition coefficient (Wildman–Crippen LogP) is 3.93. The summed E-state index contributed by atoms with van der Waals surface area (Å²) in [6.07, 6.45) is 1.62. The van der Waals surface area contributed by atoms with Crippen molar-refractivity contribution in [3.8, 4) is 6.07 Å². The number of anilines is 1. The maximum absolute atomic E-state index is 9.57. The summed E-state index contributed by atoms with van der Waals surface area (Å²) in [5.74, 6) is 0.364. The lowest BCUT2D eigenvalue weighted by Gasteiger charge is -2.17. The van der Waals surface area contributed by atoms with Crippen molar-refractivity contribution in [2.75, 3.05) is 25.1 Å². The standard InChI is InChI=1S/C20H16N4O2S/c1-24(8-9-25)14-6-7-15-17(11-14)26-19(22-15)10-13(12-21)20-23-16-4-2-3-5-18(16)27-20/h2-7,10-11,25H,8-9H2,1H3/b13-10+. The van der Waals surface area contributed by atoms with Gasteiger partial charge in [-0.25, -0.2) is 9.97 Å². The van der Waals surface area contributed by atoms with E-state index in [0.29, 0.717) is 34.1 Å². The predicted molar refractivity (Wildman–Crippen MR) is 107 cm³/mol. The van der Waals surface area contributed by atoms with E-state index < -0.39 is 0 Å². The van der Waals surface area contributed by atoms with Crippen molar-refractivity contribution in [3.63, 3.8) is 0 Å². The molecule has 7 heteroatoms. The summed E-state index contributed by atoms with van der Waals surface area (Å²) >= 11 is 1.47. The van der Waals surface area contributed by atoms with Gasteiger partial charge in [-0.2, -0.15) is 5.26 Å². The maximum atomic E-state index is 9.57. The van der Waals surface area contributed by atoms with E-state index in [4.69, 9.17) is 9.52 Å². The van der Waals surface area contributed by atoms with Gasteiger partial charge >= 0.3 is 0 Å². The number of nitriles is 1. The van der Waals surface area contributed by atoms with Crippen LogP contribution >= 0.6 is 11.3 Å². The summed E-state index contributed by atoms with van der Waals surface area (Å²) in [7, 11) is 1.90. The molecule has 0 bridgehead atoms. The lowest BCUT2D eigenvalue weighted by molar-refractivity contribution is 0.304. The molecular formula is C20H16N4O2S. The molecule has 0 aliphatic heterocycles. The van der Waals surface area contributed by atoms with E-state index in [-0.39, 0.29) is 6.61 Å². The molecular weight excluding hydrogens is 360 g/mol. The minimum atomic E-state index is 0.0760. The molecule has 4 aromatic rings. The molecule has 2 aromatic heterocycles. The number of nitrogens with zero attached hydrogens (tertiary/aromatic N) is 4. The minimum absolute atomic E-state index is 0.0760. The molecule has 0 radical (unpaired) electrons. The lowest BCUT2D eigenvalue weighted by atomic mass is 10.2. The van der Waals surface area contributed by atoms with E-state index in [0.717, 1.165) is 15.9 Å². The number of hydrogen-bond acceptors (Lipinski definition) is 7. The quantitative estimate of drug-likeness (QED) is 0.531. The Balaban J connectivity index is 1.70. The Hall–Kier alpha value is -3.21. The Kier molecular flexibility index (Phi) is 4.59. The SMILES string of the molecule is CN(CCO)c1ccc2nc(/C=C(\C#N)c3nc4ccccc4s3)oc2c1. The van der Waals surface area contributed by atoms with Crippen molar-refractivity contribution in [1.82, 2.24) is 9.97 Å². The van der Waals surface area contributed by atoms with Crippen LogP contribution in [0.3, 0.4) is 0 Å². The van der Waals surface area contributed by atoms with E-state index in [1.54, 1.807) is 6.08 Å². The number of thiazole rings is 1. The highest BCUT2D eigenvalue weighted by atomic mass is 32.1. The Bertz CT molecular complexity index is 1150. The second-order valence-corrected chi connectivity index (χ2v) is 7.04. The molecule has 2 heterocycles. The summed E-state index contributed by atoms with van der Waals surface area (Å²) < 4.78 is 6.84. The zero-order chi connectivity index (χ0) is 18.8. The Morgan fingerprint density at radius 1 is 1.26 bits per heavy atom. The van der Waals surface area contributed by atoms with Gasteiger partial charge in [0.25, 0.3) is 0 Å². The van der Waals surface area contributed by atoms with E-state index in [9.17, 15) is 5.26 Å². The third kappa shape index (κ3) is 3.40. The van der Waals surface area contributed by atoms with Crippen LogP contribution in [0.15, 0.2) is 46.9 Å². The van der Waals surface area contributed by atoms with Crippen LogP contribution in [-0.2, 0) is 0 Å². The van der Waals surface area contributed by atoms with Gasteiger partial charge in [-0.05, 0) is 24.3 Å². The third-order valence-corrected chi connectivity index (χ3v) is 5.25. The van der Waals surface area contributed by atoms with E-state index in [1.165, 1.54) is 11.3 Å². The zero-order valence-corrected chi connectivity index (χ0v) is 15.4. The second-order valence-electron chi connectivity index (χ2n) is 6.01. The van der Waals surface area contributed by atoms with Crippen molar-refractivity contribution in [1.29, 1.82) is 5.26 Å². The number of para-hydroxylation sites is 1. The van der Waals surface area contributed by atoms with Gasteiger partial charge in [0.15, 0.2) is 5.58 Å². The Labute approximate surface area is 159 Å². The Morgan fingerprint density at radius 2 is 2.11 bits per heavy atom. The number of hydrogen-bond donors (Lipinski definition) is 1. The van der Waals surface area contributed by atoms with Crippen LogP contribution in [0, 0.1) is 11.3 Å². The summed E-state index contributed by atoms with van der Waals surface area (Å²) in [6.45, 7) is 0.606. The molecule has 6 nitrogen and oxygen atoms in total. The number of aromatic nitrogens is 2. The molecule has 0 spiro atoms. The molecule has 2 aromatic carbocycles. The molecule has 0 unspecified atom stereocenters. The van der Waals surface area contributed by atoms with Gasteiger partial charge in [-0.15, -0.1) is 11.3 Å². The molecule has 0 aliphatic rings. The van der Waals surface area contributed by atoms with Crippen LogP contribution in [0.1, 0.15) is 10.9 Å². The minimum Gasteiger partial charge on any atom is -0.437 e. The first-order valence-electron chi connectivity index (χ1n) is 8.38. The van der Waals surface area contributed by atoms with Gasteiger partial charge in [0.1, 0.15) is 16.6 Å². The van der Waals surface area contributed by atoms with Crippen LogP contribution in [-0.4, -0.2) is 35.3 Å². The summed E-state index contributed by atoms with van der Waals surface area (Å²) in [6, 6.07) is 15.6. The molecule has 0 fully saturated rings. The number of aliphatic hydroxyl groups excluding tert-OH is 1. The van der Waals surface area contributed by atoms with Crippen molar-refractivity contribution in [2.24, 2.45) is 0 Å². The van der Waals surface area contributed by atoms with E-state index >= 15 is 0 Å². The normalized spacial score (nSPS) is 11.8. The molecule has 0 atom stereocenters. The largest absolute Gasteiger partial charge is 0.437 e. The maximum Gasteiger partial charge on any atom is 0.221 e. The molecule has 27 heavy (non-hydrogen) atoms. The second kappa shape index (κ2) is 7.19. The van der Waals surface area contributed by atoms with E-state index in [1.807, 2.05) is 54.4 Å². The van der Waals surface area contributed by atoms with Gasteiger partial charge in [-0.1, -0.05) is 12.1 Å². The first-order valence-corrected chi connectivity index (χ1v) is 9.20. The topological polar surface area (TPSA) is 86.2 Å². The lowest BCUT2D eigenvalue weighted by Crippen LogP contribution is -2.20. The first-order chi connectivity index (χ1) is 13.2. The fourth-order valence-electron chi connectivity index (χ4n) is 2.76. The van der Waals surface area contributed by atoms with Gasteiger partial charge in [0.2, 0.25) is 5.89 Å².